The lowest BCUT2D eigenvalue weighted by Gasteiger charge is -2.13. The van der Waals surface area contributed by atoms with E-state index >= 15 is 0 Å². The van der Waals surface area contributed by atoms with Gasteiger partial charge in [0.2, 0.25) is 0 Å². The highest BCUT2D eigenvalue weighted by Crippen LogP contribution is 2.25. The number of hydrogen-bond donors (Lipinski definition) is 0. The van der Waals surface area contributed by atoms with E-state index < -0.39 is 0 Å². The van der Waals surface area contributed by atoms with Crippen molar-refractivity contribution in [1.82, 2.24) is 0 Å². The Morgan fingerprint density at radius 1 is 0.763 bits per heavy atom. The standard InChI is InChI=1S/C29H28O3.C5H8O.H2/c1-3-29-22(2)10-7-12-24(29)21-31-27-16-9-15-26(19-27)30-20-23-11-8-17-28(18-23)32-25-13-5-4-6-14-25;1-3-5(6)4-2;/h4-19H,3,20-21H2,1-2H3;3H,1,4H2,2H3;1H. The van der Waals surface area contributed by atoms with Crippen LogP contribution in [0.2, 0.25) is 0 Å². The Bertz CT molecular complexity index is 1320. The van der Waals surface area contributed by atoms with Crippen LogP contribution in [0.15, 0.2) is 110 Å². The number of carbonyl (C=O) groups excluding carboxylic acids is 1. The topological polar surface area (TPSA) is 44.8 Å². The van der Waals surface area contributed by atoms with Gasteiger partial charge in [0.05, 0.1) is 0 Å². The predicted octanol–water partition coefficient (Wildman–Crippen LogP) is 8.91. The van der Waals surface area contributed by atoms with Crippen molar-refractivity contribution in [2.24, 2.45) is 0 Å². The van der Waals surface area contributed by atoms with Gasteiger partial charge in [0, 0.05) is 13.9 Å². The molecule has 0 aromatic heterocycles. The summed E-state index contributed by atoms with van der Waals surface area (Å²) in [4.78, 5) is 10.1. The molecule has 0 aliphatic carbocycles. The fraction of sp³-hybridized carbons (Fsp3) is 0.206. The molecule has 4 nitrogen and oxygen atoms in total. The fourth-order valence-corrected chi connectivity index (χ4v) is 3.85. The van der Waals surface area contributed by atoms with E-state index in [0.717, 1.165) is 35.0 Å². The zero-order valence-electron chi connectivity index (χ0n) is 22.5. The summed E-state index contributed by atoms with van der Waals surface area (Å²) in [6.45, 7) is 10.4. The quantitative estimate of drug-likeness (QED) is 0.189. The number of rotatable bonds is 11. The van der Waals surface area contributed by atoms with Gasteiger partial charge in [-0.1, -0.05) is 75.0 Å². The first-order valence-electron chi connectivity index (χ1n) is 12.9. The van der Waals surface area contributed by atoms with Crippen molar-refractivity contribution in [3.63, 3.8) is 0 Å². The molecular formula is C34H38O4. The SMILES string of the molecule is C=CC(=O)CC.CCc1c(C)cccc1COc1cccc(OCc2cccc(Oc3ccccc3)c2)c1.[HH]. The third kappa shape index (κ3) is 8.97. The van der Waals surface area contributed by atoms with Crippen LogP contribution in [-0.2, 0) is 24.4 Å². The Morgan fingerprint density at radius 2 is 1.39 bits per heavy atom. The van der Waals surface area contributed by atoms with Crippen molar-refractivity contribution in [2.75, 3.05) is 0 Å². The number of allylic oxidation sites excluding steroid dienone is 1. The van der Waals surface area contributed by atoms with Crippen LogP contribution in [-0.4, -0.2) is 5.78 Å². The van der Waals surface area contributed by atoms with Crippen molar-refractivity contribution in [3.8, 4) is 23.0 Å². The van der Waals surface area contributed by atoms with E-state index in [2.05, 4.69) is 38.6 Å². The molecule has 0 saturated heterocycles. The molecule has 4 rings (SSSR count). The molecule has 0 bridgehead atoms. The molecule has 0 fully saturated rings. The number of carbonyl (C=O) groups is 1. The van der Waals surface area contributed by atoms with Gasteiger partial charge in [0.25, 0.3) is 0 Å². The summed E-state index contributed by atoms with van der Waals surface area (Å²) in [5.74, 6) is 3.29. The Balaban J connectivity index is 0.000000687. The molecular weight excluding hydrogens is 472 g/mol. The highest BCUT2D eigenvalue weighted by Gasteiger charge is 2.06. The van der Waals surface area contributed by atoms with Crippen LogP contribution >= 0.6 is 0 Å². The Labute approximate surface area is 228 Å². The summed E-state index contributed by atoms with van der Waals surface area (Å²) in [5, 5.41) is 0. The molecule has 198 valence electrons. The second-order valence-electron chi connectivity index (χ2n) is 8.70. The zero-order chi connectivity index (χ0) is 27.2. The van der Waals surface area contributed by atoms with Gasteiger partial charge in [-0.2, -0.15) is 0 Å². The second kappa shape index (κ2) is 15.1. The molecule has 0 radical (unpaired) electrons. The van der Waals surface area contributed by atoms with Gasteiger partial charge in [-0.05, 0) is 78.1 Å². The number of aryl methyl sites for hydroxylation is 1. The number of benzene rings is 4. The fourth-order valence-electron chi connectivity index (χ4n) is 3.85. The maximum atomic E-state index is 10.1. The van der Waals surface area contributed by atoms with Crippen molar-refractivity contribution in [3.05, 3.63) is 132 Å². The third-order valence-corrected chi connectivity index (χ3v) is 5.92. The molecule has 4 aromatic rings. The van der Waals surface area contributed by atoms with Crippen LogP contribution in [0.1, 0.15) is 43.9 Å². The van der Waals surface area contributed by atoms with Crippen molar-refractivity contribution < 1.29 is 20.4 Å². The number of hydrogen-bond acceptors (Lipinski definition) is 4. The van der Waals surface area contributed by atoms with Gasteiger partial charge in [-0.3, -0.25) is 4.79 Å². The minimum atomic E-state index is 0. The maximum absolute atomic E-state index is 10.1. The van der Waals surface area contributed by atoms with Crippen LogP contribution in [0.3, 0.4) is 0 Å². The summed E-state index contributed by atoms with van der Waals surface area (Å²) < 4.78 is 18.0. The van der Waals surface area contributed by atoms with E-state index in [-0.39, 0.29) is 7.21 Å². The first kappa shape index (κ1) is 28.3. The lowest BCUT2D eigenvalue weighted by molar-refractivity contribution is -0.114. The monoisotopic (exact) mass is 510 g/mol. The summed E-state index contributed by atoms with van der Waals surface area (Å²) in [5.41, 5.74) is 4.94. The van der Waals surface area contributed by atoms with Gasteiger partial charge in [0.1, 0.15) is 36.2 Å². The lowest BCUT2D eigenvalue weighted by Crippen LogP contribution is -2.02. The molecule has 0 aliphatic heterocycles. The molecule has 0 saturated carbocycles. The molecule has 0 spiro atoms. The number of para-hydroxylation sites is 1. The van der Waals surface area contributed by atoms with E-state index in [9.17, 15) is 4.79 Å². The number of ether oxygens (including phenoxy) is 3. The maximum Gasteiger partial charge on any atom is 0.154 e. The molecule has 4 heteroatoms. The minimum Gasteiger partial charge on any atom is -0.489 e. The van der Waals surface area contributed by atoms with Crippen LogP contribution in [0.5, 0.6) is 23.0 Å². The molecule has 0 N–H and O–H groups in total. The molecule has 0 atom stereocenters. The van der Waals surface area contributed by atoms with E-state index in [4.69, 9.17) is 14.2 Å². The average molecular weight is 511 g/mol. The lowest BCUT2D eigenvalue weighted by atomic mass is 10.0. The summed E-state index contributed by atoms with van der Waals surface area (Å²) in [6.07, 6.45) is 2.91. The molecule has 4 aromatic carbocycles. The molecule has 0 amide bonds. The first-order valence-corrected chi connectivity index (χ1v) is 12.9. The molecule has 0 heterocycles. The van der Waals surface area contributed by atoms with E-state index in [1.165, 1.54) is 22.8 Å². The largest absolute Gasteiger partial charge is 0.489 e. The summed E-state index contributed by atoms with van der Waals surface area (Å²) in [6, 6.07) is 31.9. The molecule has 0 unspecified atom stereocenters. The van der Waals surface area contributed by atoms with E-state index in [1.54, 1.807) is 0 Å². The summed E-state index contributed by atoms with van der Waals surface area (Å²) >= 11 is 0. The highest BCUT2D eigenvalue weighted by atomic mass is 16.5. The normalized spacial score (nSPS) is 10.1. The van der Waals surface area contributed by atoms with E-state index in [1.807, 2.05) is 85.8 Å². The average Bonchev–Trinajstić information content (AvgIpc) is 2.96. The van der Waals surface area contributed by atoms with Crippen molar-refractivity contribution in [1.29, 1.82) is 0 Å². The van der Waals surface area contributed by atoms with Crippen molar-refractivity contribution >= 4 is 5.78 Å². The molecule has 0 aliphatic rings. The van der Waals surface area contributed by atoms with Gasteiger partial charge in [-0.15, -0.1) is 0 Å². The molecule has 38 heavy (non-hydrogen) atoms. The highest BCUT2D eigenvalue weighted by molar-refractivity contribution is 5.88. The third-order valence-electron chi connectivity index (χ3n) is 5.92. The van der Waals surface area contributed by atoms with Crippen LogP contribution in [0, 0.1) is 6.92 Å². The summed E-state index contributed by atoms with van der Waals surface area (Å²) in [7, 11) is 0. The van der Waals surface area contributed by atoms with Crippen LogP contribution in [0.4, 0.5) is 0 Å². The smallest absolute Gasteiger partial charge is 0.154 e. The van der Waals surface area contributed by atoms with Gasteiger partial charge in [0.15, 0.2) is 5.78 Å². The number of ketones is 1. The minimum absolute atomic E-state index is 0. The Hall–Kier alpha value is -4.31. The Morgan fingerprint density at radius 3 is 2.05 bits per heavy atom. The Kier molecular flexibility index (Phi) is 11.2. The second-order valence-corrected chi connectivity index (χ2v) is 8.70. The van der Waals surface area contributed by atoms with Crippen LogP contribution < -0.4 is 14.2 Å². The van der Waals surface area contributed by atoms with Gasteiger partial charge < -0.3 is 14.2 Å². The predicted molar refractivity (Wildman–Crippen MR) is 156 cm³/mol. The van der Waals surface area contributed by atoms with E-state index in [0.29, 0.717) is 19.6 Å². The van der Waals surface area contributed by atoms with Crippen LogP contribution in [0.25, 0.3) is 0 Å². The first-order chi connectivity index (χ1) is 18.5. The van der Waals surface area contributed by atoms with Gasteiger partial charge in [-0.25, -0.2) is 0 Å². The van der Waals surface area contributed by atoms with Gasteiger partial charge >= 0.3 is 0 Å². The van der Waals surface area contributed by atoms with Crippen molar-refractivity contribution in [2.45, 2.75) is 46.8 Å². The zero-order valence-corrected chi connectivity index (χ0v) is 22.5.